The number of carboxylic acids is 3. The molecule has 0 heterocycles. The molecule has 0 aliphatic heterocycles. The third kappa shape index (κ3) is 4.80. The van der Waals surface area contributed by atoms with Crippen LogP contribution < -0.4 is 69.3 Å². The van der Waals surface area contributed by atoms with Crippen LogP contribution in [-0.4, -0.2) is 38.5 Å². The normalized spacial score (nSPS) is 12.6. The molecule has 1 atom stereocenters. The van der Waals surface area contributed by atoms with Gasteiger partial charge in [0.05, 0.1) is 17.6 Å². The number of carbonyl (C=O) groups excluding carboxylic acids is 2. The first kappa shape index (κ1) is 24.6. The Morgan fingerprint density at radius 2 is 1.47 bits per heavy atom. The van der Waals surface area contributed by atoms with E-state index in [0.29, 0.717) is 0 Å². The summed E-state index contributed by atoms with van der Waals surface area (Å²) in [6.07, 6.45) is -0.696. The molecule has 0 rings (SSSR count). The predicted molar refractivity (Wildman–Crippen MR) is 46.2 cm³/mol. The van der Waals surface area contributed by atoms with Gasteiger partial charge in [-0.05, 0) is 6.42 Å². The molecule has 0 fully saturated rings. The van der Waals surface area contributed by atoms with Crippen LogP contribution in [0, 0.1) is 5.41 Å². The average Bonchev–Trinajstić information content (AvgIpc) is 2.09. The fraction of sp³-hybridized carbons (Fsp3) is 0.571. The van der Waals surface area contributed by atoms with Gasteiger partial charge in [-0.3, -0.25) is 9.36 Å². The number of hydrogen-bond donors (Lipinski definition) is 3. The molecule has 0 spiro atoms. The number of carboxylic acid groups (broad SMARTS) is 3. The van der Waals surface area contributed by atoms with Gasteiger partial charge in [0.15, 0.2) is 5.41 Å². The minimum atomic E-state index is -5.28. The summed E-state index contributed by atoms with van der Waals surface area (Å²) in [6, 6.07) is 0. The molecule has 0 bridgehead atoms. The molecule has 0 aliphatic carbocycles. The number of hydrogen-bond acceptors (Lipinski definition) is 6. The van der Waals surface area contributed by atoms with E-state index in [2.05, 4.69) is 0 Å². The Labute approximate surface area is 152 Å². The first-order valence-electron chi connectivity index (χ1n) is 4.24. The standard InChI is InChI=1S/C7H11O9P.2Na/c1-2-3(17(14,15)16)7(4(8)9,5(10)11)6(12)13;;/h3H,2H2,1H3,(H,8,9)(H,10,11)(H,12,13)(H2,14,15,16);;/q;2*+1/p-2. The summed E-state index contributed by atoms with van der Waals surface area (Å²) in [7, 11) is -5.28. The van der Waals surface area contributed by atoms with Crippen molar-refractivity contribution in [1.82, 2.24) is 0 Å². The smallest absolute Gasteiger partial charge is 0.548 e. The van der Waals surface area contributed by atoms with Gasteiger partial charge >= 0.3 is 72.7 Å². The maximum absolute atomic E-state index is 11.0. The molecule has 0 aromatic heterocycles. The molecule has 19 heavy (non-hydrogen) atoms. The first-order chi connectivity index (χ1) is 7.52. The molecule has 0 aliphatic rings. The van der Waals surface area contributed by atoms with Crippen molar-refractivity contribution in [3.8, 4) is 0 Å². The van der Waals surface area contributed by atoms with Gasteiger partial charge in [-0.25, -0.2) is 0 Å². The van der Waals surface area contributed by atoms with E-state index in [4.69, 9.17) is 14.9 Å². The van der Waals surface area contributed by atoms with Crippen LogP contribution >= 0.6 is 7.60 Å². The van der Waals surface area contributed by atoms with Crippen LogP contribution in [0.4, 0.5) is 0 Å². The van der Waals surface area contributed by atoms with Crippen LogP contribution in [0.15, 0.2) is 0 Å². The van der Waals surface area contributed by atoms with E-state index < -0.39 is 43.0 Å². The first-order valence-corrected chi connectivity index (χ1v) is 5.92. The Bertz CT molecular complexity index is 367. The summed E-state index contributed by atoms with van der Waals surface area (Å²) in [5.41, 5.74) is -6.25. The van der Waals surface area contributed by atoms with E-state index in [1.54, 1.807) is 0 Å². The second-order valence-electron chi connectivity index (χ2n) is 3.20. The molecule has 0 aromatic carbocycles. The van der Waals surface area contributed by atoms with E-state index in [-0.39, 0.29) is 59.1 Å². The monoisotopic (exact) mass is 314 g/mol. The zero-order valence-electron chi connectivity index (χ0n) is 10.5. The van der Waals surface area contributed by atoms with Gasteiger partial charge < -0.3 is 34.7 Å². The Morgan fingerprint density at radius 1 is 1.16 bits per heavy atom. The summed E-state index contributed by atoms with van der Waals surface area (Å²) < 4.78 is 11.0. The summed E-state index contributed by atoms with van der Waals surface area (Å²) in [4.78, 5) is 49.8. The maximum atomic E-state index is 11.0. The number of carbonyl (C=O) groups is 3. The zero-order valence-corrected chi connectivity index (χ0v) is 15.4. The van der Waals surface area contributed by atoms with Crippen molar-refractivity contribution in [3.05, 3.63) is 0 Å². The van der Waals surface area contributed by atoms with Crippen molar-refractivity contribution >= 4 is 25.5 Å². The minimum absolute atomic E-state index is 0. The molecule has 0 radical (unpaired) electrons. The van der Waals surface area contributed by atoms with Gasteiger partial charge in [-0.15, -0.1) is 0 Å². The molecule has 1 unspecified atom stereocenters. The van der Waals surface area contributed by atoms with Gasteiger partial charge in [0.2, 0.25) is 0 Å². The Balaban J connectivity index is -0.00000128. The van der Waals surface area contributed by atoms with Crippen LogP contribution in [0.5, 0.6) is 0 Å². The molecule has 0 saturated carbocycles. The van der Waals surface area contributed by atoms with Gasteiger partial charge in [0, 0.05) is 0 Å². The van der Waals surface area contributed by atoms with Gasteiger partial charge in [0.25, 0.3) is 0 Å². The second kappa shape index (κ2) is 8.76. The largest absolute Gasteiger partial charge is 1.00 e. The Morgan fingerprint density at radius 3 is 1.53 bits per heavy atom. The molecule has 0 amide bonds. The minimum Gasteiger partial charge on any atom is -0.548 e. The summed E-state index contributed by atoms with van der Waals surface area (Å²) in [5.74, 6) is -7.73. The molecule has 3 N–H and O–H groups in total. The van der Waals surface area contributed by atoms with Crippen LogP contribution in [0.3, 0.4) is 0 Å². The second-order valence-corrected chi connectivity index (χ2v) is 5.00. The topological polar surface area (TPSA) is 175 Å². The molecular formula is C7H9Na2O9P. The maximum Gasteiger partial charge on any atom is 1.00 e. The fourth-order valence-corrected chi connectivity index (χ4v) is 2.77. The van der Waals surface area contributed by atoms with E-state index >= 15 is 0 Å². The van der Waals surface area contributed by atoms with E-state index in [9.17, 15) is 29.2 Å². The van der Waals surface area contributed by atoms with Crippen LogP contribution in [0.25, 0.3) is 0 Å². The van der Waals surface area contributed by atoms with Crippen LogP contribution in [0.2, 0.25) is 0 Å². The zero-order chi connectivity index (χ0) is 14.0. The number of aliphatic carboxylic acids is 3. The number of rotatable bonds is 6. The molecule has 98 valence electrons. The SMILES string of the molecule is CCC(C(C(=O)[O-])(C(=O)[O-])C(=O)O)P(=O)(O)O.[Na+].[Na+]. The summed E-state index contributed by atoms with van der Waals surface area (Å²) in [5, 5.41) is 30.0. The Kier molecular flexibility index (Phi) is 11.3. The molecule has 12 heteroatoms. The van der Waals surface area contributed by atoms with Crippen LogP contribution in [0.1, 0.15) is 13.3 Å². The van der Waals surface area contributed by atoms with Crippen molar-refractivity contribution in [2.24, 2.45) is 5.41 Å². The van der Waals surface area contributed by atoms with Crippen molar-refractivity contribution in [3.63, 3.8) is 0 Å². The fourth-order valence-electron chi connectivity index (χ4n) is 1.47. The summed E-state index contributed by atoms with van der Waals surface area (Å²) >= 11 is 0. The summed E-state index contributed by atoms with van der Waals surface area (Å²) in [6.45, 7) is 1.04. The van der Waals surface area contributed by atoms with Crippen molar-refractivity contribution in [2.75, 3.05) is 0 Å². The average molecular weight is 314 g/mol. The van der Waals surface area contributed by atoms with Crippen molar-refractivity contribution in [2.45, 2.75) is 19.0 Å². The molecule has 0 saturated heterocycles. The van der Waals surface area contributed by atoms with Crippen molar-refractivity contribution < 1.29 is 103 Å². The molecule has 9 nitrogen and oxygen atoms in total. The van der Waals surface area contributed by atoms with Gasteiger partial charge in [-0.2, -0.15) is 0 Å². The Hall–Kier alpha value is 0.560. The molecule has 0 aromatic rings. The predicted octanol–water partition coefficient (Wildman–Crippen LogP) is -9.48. The van der Waals surface area contributed by atoms with E-state index in [1.807, 2.05) is 0 Å². The third-order valence-electron chi connectivity index (χ3n) is 2.27. The van der Waals surface area contributed by atoms with Crippen LogP contribution in [-0.2, 0) is 18.9 Å². The quantitative estimate of drug-likeness (QED) is 0.244. The van der Waals surface area contributed by atoms with Gasteiger partial charge in [0.1, 0.15) is 0 Å². The van der Waals surface area contributed by atoms with Gasteiger partial charge in [-0.1, -0.05) is 6.92 Å². The van der Waals surface area contributed by atoms with E-state index in [0.717, 1.165) is 6.92 Å². The molecular weight excluding hydrogens is 305 g/mol. The van der Waals surface area contributed by atoms with Crippen molar-refractivity contribution in [1.29, 1.82) is 0 Å². The van der Waals surface area contributed by atoms with E-state index in [1.165, 1.54) is 0 Å². The third-order valence-corrected chi connectivity index (χ3v) is 3.84.